The van der Waals surface area contributed by atoms with E-state index < -0.39 is 18.3 Å². The lowest BCUT2D eigenvalue weighted by molar-refractivity contribution is -0.0818. The molecule has 0 aromatic heterocycles. The van der Waals surface area contributed by atoms with E-state index >= 15 is 0 Å². The van der Waals surface area contributed by atoms with Crippen molar-refractivity contribution in [2.45, 2.75) is 32.2 Å². The Bertz CT molecular complexity index is 94.4. The average molecular weight is 164 g/mol. The van der Waals surface area contributed by atoms with E-state index in [4.69, 9.17) is 20.1 Å². The van der Waals surface area contributed by atoms with E-state index in [9.17, 15) is 0 Å². The quantitative estimate of drug-likeness (QED) is 0.494. The molecule has 0 spiro atoms. The van der Waals surface area contributed by atoms with Crippen LogP contribution in [0.2, 0.25) is 0 Å². The third-order valence-electron chi connectivity index (χ3n) is 1.45. The van der Waals surface area contributed by atoms with Crippen LogP contribution >= 0.6 is 0 Å². The van der Waals surface area contributed by atoms with Crippen LogP contribution in [0, 0.1) is 0 Å². The number of hydrogen-bond donors (Lipinski definition) is 3. The second kappa shape index (κ2) is 5.49. The predicted octanol–water partition coefficient (Wildman–Crippen LogP) is -0.875. The Morgan fingerprint density at radius 3 is 2.18 bits per heavy atom. The highest BCUT2D eigenvalue weighted by atomic mass is 16.5. The molecule has 0 saturated carbocycles. The molecule has 0 heterocycles. The molecule has 68 valence electrons. The highest BCUT2D eigenvalue weighted by Gasteiger charge is 2.19. The molecule has 4 heteroatoms. The fraction of sp³-hybridized carbons (Fsp3) is 1.00. The van der Waals surface area contributed by atoms with Crippen molar-refractivity contribution in [3.8, 4) is 0 Å². The van der Waals surface area contributed by atoms with Crippen LogP contribution in [-0.2, 0) is 4.74 Å². The zero-order valence-corrected chi connectivity index (χ0v) is 6.90. The second-order valence-corrected chi connectivity index (χ2v) is 2.53. The monoisotopic (exact) mass is 164 g/mol. The van der Waals surface area contributed by atoms with E-state index in [0.29, 0.717) is 0 Å². The minimum Gasteiger partial charge on any atom is -0.394 e. The topological polar surface area (TPSA) is 69.9 Å². The van der Waals surface area contributed by atoms with Crippen molar-refractivity contribution >= 4 is 0 Å². The fourth-order valence-electron chi connectivity index (χ4n) is 0.729. The van der Waals surface area contributed by atoms with E-state index in [1.54, 1.807) is 6.92 Å². The minimum absolute atomic E-state index is 0.0726. The molecule has 3 N–H and O–H groups in total. The van der Waals surface area contributed by atoms with Gasteiger partial charge in [0.25, 0.3) is 0 Å². The first-order valence-corrected chi connectivity index (χ1v) is 3.68. The van der Waals surface area contributed by atoms with Gasteiger partial charge in [0.1, 0.15) is 6.10 Å². The van der Waals surface area contributed by atoms with Gasteiger partial charge in [-0.1, -0.05) is 0 Å². The van der Waals surface area contributed by atoms with Crippen LogP contribution in [0.4, 0.5) is 0 Å². The zero-order chi connectivity index (χ0) is 8.85. The summed E-state index contributed by atoms with van der Waals surface area (Å²) in [4.78, 5) is 0. The van der Waals surface area contributed by atoms with Gasteiger partial charge in [-0.05, 0) is 13.8 Å². The van der Waals surface area contributed by atoms with Crippen LogP contribution in [0.25, 0.3) is 0 Å². The molecular formula is C7H16O4. The number of aliphatic hydroxyl groups excluding tert-OH is 3. The van der Waals surface area contributed by atoms with Crippen molar-refractivity contribution in [2.75, 3.05) is 13.2 Å². The van der Waals surface area contributed by atoms with Crippen molar-refractivity contribution in [1.29, 1.82) is 0 Å². The number of rotatable bonds is 5. The van der Waals surface area contributed by atoms with Crippen molar-refractivity contribution in [2.24, 2.45) is 0 Å². The van der Waals surface area contributed by atoms with E-state index in [0.717, 1.165) is 0 Å². The standard InChI is InChI=1S/C7H16O4/c1-5(9)7(10)6(2)11-4-3-8/h5-10H,3-4H2,1-2H3/t5-,6+,7+/m1/s1. The van der Waals surface area contributed by atoms with Crippen LogP contribution in [-0.4, -0.2) is 46.8 Å². The molecule has 0 radical (unpaired) electrons. The van der Waals surface area contributed by atoms with Crippen LogP contribution in [0.5, 0.6) is 0 Å². The molecule has 0 rings (SSSR count). The van der Waals surface area contributed by atoms with E-state index in [2.05, 4.69) is 0 Å². The molecule has 0 aliphatic heterocycles. The summed E-state index contributed by atoms with van der Waals surface area (Å²) in [6.45, 7) is 3.25. The zero-order valence-electron chi connectivity index (χ0n) is 6.90. The van der Waals surface area contributed by atoms with E-state index in [1.165, 1.54) is 6.92 Å². The average Bonchev–Trinajstić information content (AvgIpc) is 1.98. The molecule has 0 aromatic carbocycles. The fourth-order valence-corrected chi connectivity index (χ4v) is 0.729. The van der Waals surface area contributed by atoms with Gasteiger partial charge < -0.3 is 20.1 Å². The van der Waals surface area contributed by atoms with Crippen molar-refractivity contribution in [1.82, 2.24) is 0 Å². The molecule has 0 aliphatic rings. The van der Waals surface area contributed by atoms with Gasteiger partial charge in [0.2, 0.25) is 0 Å². The normalized spacial score (nSPS) is 19.4. The maximum absolute atomic E-state index is 9.16. The first kappa shape index (κ1) is 10.8. The Labute approximate surface area is 66.4 Å². The summed E-state index contributed by atoms with van der Waals surface area (Å²) in [6, 6.07) is 0. The Hall–Kier alpha value is -0.160. The SMILES string of the molecule is C[C@H](OCCO)[C@@H](O)[C@@H](C)O. The van der Waals surface area contributed by atoms with Crippen molar-refractivity contribution in [3.63, 3.8) is 0 Å². The molecule has 0 fully saturated rings. The highest BCUT2D eigenvalue weighted by Crippen LogP contribution is 2.02. The number of aliphatic hydroxyl groups is 3. The lowest BCUT2D eigenvalue weighted by atomic mass is 10.1. The summed E-state index contributed by atoms with van der Waals surface area (Å²) >= 11 is 0. The summed E-state index contributed by atoms with van der Waals surface area (Å²) in [5.74, 6) is 0. The van der Waals surface area contributed by atoms with Gasteiger partial charge in [-0.2, -0.15) is 0 Å². The van der Waals surface area contributed by atoms with Crippen LogP contribution in [0.1, 0.15) is 13.8 Å². The van der Waals surface area contributed by atoms with Crippen LogP contribution < -0.4 is 0 Å². The highest BCUT2D eigenvalue weighted by molar-refractivity contribution is 4.68. The van der Waals surface area contributed by atoms with Gasteiger partial charge in [-0.25, -0.2) is 0 Å². The van der Waals surface area contributed by atoms with Gasteiger partial charge >= 0.3 is 0 Å². The Morgan fingerprint density at radius 1 is 1.27 bits per heavy atom. The molecular weight excluding hydrogens is 148 g/mol. The molecule has 4 nitrogen and oxygen atoms in total. The summed E-state index contributed by atoms with van der Waals surface area (Å²) in [6.07, 6.45) is -2.13. The van der Waals surface area contributed by atoms with Crippen LogP contribution in [0.3, 0.4) is 0 Å². The lowest BCUT2D eigenvalue weighted by Gasteiger charge is -2.20. The Kier molecular flexibility index (Phi) is 5.41. The maximum atomic E-state index is 9.16. The number of ether oxygens (including phenoxy) is 1. The molecule has 0 unspecified atom stereocenters. The number of hydrogen-bond acceptors (Lipinski definition) is 4. The van der Waals surface area contributed by atoms with Gasteiger partial charge in [-0.15, -0.1) is 0 Å². The van der Waals surface area contributed by atoms with Crippen molar-refractivity contribution < 1.29 is 20.1 Å². The van der Waals surface area contributed by atoms with Crippen molar-refractivity contribution in [3.05, 3.63) is 0 Å². The molecule has 0 aromatic rings. The van der Waals surface area contributed by atoms with E-state index in [1.807, 2.05) is 0 Å². The molecule has 3 atom stereocenters. The first-order valence-electron chi connectivity index (χ1n) is 3.68. The Morgan fingerprint density at radius 2 is 1.82 bits per heavy atom. The predicted molar refractivity (Wildman–Crippen MR) is 40.2 cm³/mol. The third kappa shape index (κ3) is 4.31. The summed E-state index contributed by atoms with van der Waals surface area (Å²) in [7, 11) is 0. The van der Waals surface area contributed by atoms with E-state index in [-0.39, 0.29) is 13.2 Å². The summed E-state index contributed by atoms with van der Waals surface area (Å²) in [5.41, 5.74) is 0. The van der Waals surface area contributed by atoms with Crippen LogP contribution in [0.15, 0.2) is 0 Å². The molecule has 0 aliphatic carbocycles. The third-order valence-corrected chi connectivity index (χ3v) is 1.45. The maximum Gasteiger partial charge on any atom is 0.105 e. The molecule has 0 amide bonds. The summed E-state index contributed by atoms with van der Waals surface area (Å²) in [5, 5.41) is 26.4. The van der Waals surface area contributed by atoms with Gasteiger partial charge in [0.05, 0.1) is 25.4 Å². The summed E-state index contributed by atoms with van der Waals surface area (Å²) < 4.78 is 4.95. The lowest BCUT2D eigenvalue weighted by Crippen LogP contribution is -2.35. The second-order valence-electron chi connectivity index (χ2n) is 2.53. The minimum atomic E-state index is -0.887. The van der Waals surface area contributed by atoms with Gasteiger partial charge in [-0.3, -0.25) is 0 Å². The molecule has 0 bridgehead atoms. The smallest absolute Gasteiger partial charge is 0.105 e. The molecule has 11 heavy (non-hydrogen) atoms. The Balaban J connectivity index is 3.55. The first-order chi connectivity index (χ1) is 5.09. The largest absolute Gasteiger partial charge is 0.394 e. The van der Waals surface area contributed by atoms with Gasteiger partial charge in [0.15, 0.2) is 0 Å². The van der Waals surface area contributed by atoms with Gasteiger partial charge in [0, 0.05) is 0 Å². The molecule has 0 saturated heterocycles.